The minimum absolute atomic E-state index is 0.0144. The number of hydrogen-bond acceptors (Lipinski definition) is 10. The standard InChI is InChI=1S/C28H27F3N6O5.CH2O2/c1-15-23(25(40)42-3)24(20-8-7-16(11-32)9-17(20)12-37(2)13-21(38)22(39)14-37)36-26(33-34-27(36)41)35(15)19-6-4-5-18(10-19)28(29,30)31;2-1-3/h4-10,21-22,24,38-39H,12-14H2,1-3H3;1H,(H,2,3)/t21-,22+,24-,37?;/m1./s1. The summed E-state index contributed by atoms with van der Waals surface area (Å²) in [5, 5.41) is 44.8. The minimum Gasteiger partial charge on any atom is -0.554 e. The number of nitrogens with one attached hydrogen (secondary N) is 1. The predicted octanol–water partition coefficient (Wildman–Crippen LogP) is 0.698. The molecule has 0 saturated carbocycles. The van der Waals surface area contributed by atoms with Crippen LogP contribution >= 0.6 is 0 Å². The molecule has 0 spiro atoms. The fourth-order valence-electron chi connectivity index (χ4n) is 5.92. The number of halogens is 3. The molecule has 13 nitrogen and oxygen atoms in total. The average molecular weight is 631 g/mol. The zero-order valence-corrected chi connectivity index (χ0v) is 24.3. The first-order valence-corrected chi connectivity index (χ1v) is 13.4. The van der Waals surface area contributed by atoms with E-state index in [-0.39, 0.29) is 47.0 Å². The van der Waals surface area contributed by atoms with Gasteiger partial charge in [-0.25, -0.2) is 19.3 Å². The van der Waals surface area contributed by atoms with Crippen molar-refractivity contribution in [1.29, 1.82) is 5.26 Å². The van der Waals surface area contributed by atoms with E-state index in [1.54, 1.807) is 12.1 Å². The van der Waals surface area contributed by atoms with Gasteiger partial charge in [0.2, 0.25) is 5.95 Å². The fraction of sp³-hybridized carbons (Fsp3) is 0.345. The molecule has 238 valence electrons. The Labute approximate surface area is 254 Å². The molecule has 0 bridgehead atoms. The molecule has 5 rings (SSSR count). The summed E-state index contributed by atoms with van der Waals surface area (Å²) >= 11 is 0. The maximum absolute atomic E-state index is 13.6. The molecule has 45 heavy (non-hydrogen) atoms. The van der Waals surface area contributed by atoms with Crippen molar-refractivity contribution in [2.24, 2.45) is 0 Å². The normalized spacial score (nSPS) is 22.6. The SMILES string of the molecule is COC(=O)C1=C(C)N(c2cccc(C(F)(F)F)c2)c2n[nH]c(=O)n2[C@@H]1c1ccc(C#N)cc1C[N+]1(C)C[C@@H](O)[C@@H](O)C1.O=C[O-]. The van der Waals surface area contributed by atoms with Crippen molar-refractivity contribution in [3.05, 3.63) is 86.5 Å². The first kappa shape index (κ1) is 32.9. The number of likely N-dealkylation sites (tertiary alicyclic amines) is 1. The van der Waals surface area contributed by atoms with Crippen molar-refractivity contribution in [2.75, 3.05) is 32.1 Å². The van der Waals surface area contributed by atoms with Gasteiger partial charge in [0.05, 0.1) is 36.9 Å². The van der Waals surface area contributed by atoms with Crippen LogP contribution < -0.4 is 15.7 Å². The Hall–Kier alpha value is -4.98. The van der Waals surface area contributed by atoms with Gasteiger partial charge in [-0.2, -0.15) is 18.4 Å². The first-order chi connectivity index (χ1) is 21.2. The largest absolute Gasteiger partial charge is 0.554 e. The van der Waals surface area contributed by atoms with Crippen LogP contribution in [0.5, 0.6) is 0 Å². The zero-order chi connectivity index (χ0) is 33.3. The molecular weight excluding hydrogens is 601 g/mol. The first-order valence-electron chi connectivity index (χ1n) is 13.4. The quantitative estimate of drug-likeness (QED) is 0.206. The van der Waals surface area contributed by atoms with E-state index in [2.05, 4.69) is 16.3 Å². The third kappa shape index (κ3) is 6.32. The van der Waals surface area contributed by atoms with Crippen molar-refractivity contribution in [3.63, 3.8) is 0 Å². The number of H-pyrrole nitrogens is 1. The number of hydrogen-bond donors (Lipinski definition) is 3. The number of ether oxygens (including phenoxy) is 1. The number of carbonyl (C=O) groups is 2. The third-order valence-corrected chi connectivity index (χ3v) is 7.80. The van der Waals surface area contributed by atoms with Gasteiger partial charge in [-0.15, -0.1) is 5.10 Å². The van der Waals surface area contributed by atoms with Gasteiger partial charge >= 0.3 is 17.8 Å². The third-order valence-electron chi connectivity index (χ3n) is 7.80. The Morgan fingerprint density at radius 1 is 1.24 bits per heavy atom. The minimum atomic E-state index is -4.64. The average Bonchev–Trinajstić information content (AvgIpc) is 3.48. The van der Waals surface area contributed by atoms with E-state index in [1.165, 1.54) is 30.0 Å². The molecule has 0 amide bonds. The highest BCUT2D eigenvalue weighted by Gasteiger charge is 2.44. The number of quaternary nitrogens is 1. The number of nitriles is 1. The highest BCUT2D eigenvalue weighted by molar-refractivity contribution is 5.93. The molecule has 3 heterocycles. The molecule has 4 atom stereocenters. The summed E-state index contributed by atoms with van der Waals surface area (Å²) in [6.07, 6.45) is -6.55. The van der Waals surface area contributed by atoms with Gasteiger partial charge in [0.25, 0.3) is 0 Å². The Kier molecular flexibility index (Phi) is 9.19. The van der Waals surface area contributed by atoms with Gasteiger partial charge in [-0.05, 0) is 42.8 Å². The lowest BCUT2D eigenvalue weighted by molar-refractivity contribution is -0.913. The highest BCUT2D eigenvalue weighted by Crippen LogP contribution is 2.44. The summed E-state index contributed by atoms with van der Waals surface area (Å²) in [6, 6.07) is 10.1. The number of rotatable bonds is 5. The number of carbonyl (C=O) groups excluding carboxylic acids is 2. The number of allylic oxidation sites excluding steroid dienone is 1. The predicted molar refractivity (Wildman–Crippen MR) is 148 cm³/mol. The molecule has 2 aliphatic heterocycles. The molecule has 3 N–H and O–H groups in total. The van der Waals surface area contributed by atoms with Crippen molar-refractivity contribution >= 4 is 24.1 Å². The second-order valence-corrected chi connectivity index (χ2v) is 10.9. The summed E-state index contributed by atoms with van der Waals surface area (Å²) in [6.45, 7) is 1.69. The zero-order valence-electron chi connectivity index (χ0n) is 24.3. The molecule has 16 heteroatoms. The second-order valence-electron chi connectivity index (χ2n) is 10.9. The molecule has 3 aromatic rings. The van der Waals surface area contributed by atoms with Crippen molar-refractivity contribution in [2.45, 2.75) is 37.9 Å². The number of aliphatic hydroxyl groups excluding tert-OH is 2. The Morgan fingerprint density at radius 3 is 2.47 bits per heavy atom. The van der Waals surface area contributed by atoms with Crippen LogP contribution in [0.15, 0.2) is 58.5 Å². The smallest absolute Gasteiger partial charge is 0.416 e. The van der Waals surface area contributed by atoms with Gasteiger partial charge < -0.3 is 29.3 Å². The molecule has 0 radical (unpaired) electrons. The van der Waals surface area contributed by atoms with Gasteiger partial charge in [-0.1, -0.05) is 12.1 Å². The molecule has 2 aliphatic rings. The summed E-state index contributed by atoms with van der Waals surface area (Å²) in [5.74, 6) is -0.881. The monoisotopic (exact) mass is 630 g/mol. The molecule has 1 saturated heterocycles. The molecule has 1 aromatic heterocycles. The number of methoxy groups -OCH3 is 1. The van der Waals surface area contributed by atoms with Gasteiger partial charge in [0.15, 0.2) is 0 Å². The summed E-state index contributed by atoms with van der Waals surface area (Å²) in [7, 11) is 2.98. The lowest BCUT2D eigenvalue weighted by Gasteiger charge is -2.37. The molecular formula is C29H29F3N6O7. The second kappa shape index (κ2) is 12.6. The summed E-state index contributed by atoms with van der Waals surface area (Å²) < 4.78 is 47.2. The maximum Gasteiger partial charge on any atom is 0.416 e. The number of aromatic nitrogens is 3. The van der Waals surface area contributed by atoms with Crippen LogP contribution in [0.4, 0.5) is 24.8 Å². The number of carboxylic acid groups (broad SMARTS) is 1. The number of nitrogens with zero attached hydrogens (tertiary/aromatic N) is 5. The van der Waals surface area contributed by atoms with E-state index in [0.717, 1.165) is 23.8 Å². The topological polar surface area (TPSA) is 185 Å². The van der Waals surface area contributed by atoms with Gasteiger partial charge in [0, 0.05) is 23.4 Å². The van der Waals surface area contributed by atoms with Crippen molar-refractivity contribution < 1.29 is 47.3 Å². The van der Waals surface area contributed by atoms with E-state index in [4.69, 9.17) is 14.6 Å². The Balaban J connectivity index is 0.00000148. The van der Waals surface area contributed by atoms with Crippen LogP contribution in [0.1, 0.15) is 35.2 Å². The molecule has 2 aromatic carbocycles. The van der Waals surface area contributed by atoms with Crippen LogP contribution in [-0.4, -0.2) is 81.4 Å². The Bertz CT molecular complexity index is 1730. The molecule has 1 fully saturated rings. The van der Waals surface area contributed by atoms with Gasteiger partial charge in [0.1, 0.15) is 37.9 Å². The number of esters is 1. The van der Waals surface area contributed by atoms with Crippen LogP contribution in [0.2, 0.25) is 0 Å². The van der Waals surface area contributed by atoms with Crippen molar-refractivity contribution in [3.8, 4) is 6.07 Å². The molecule has 1 unspecified atom stereocenters. The highest BCUT2D eigenvalue weighted by atomic mass is 19.4. The van der Waals surface area contributed by atoms with Crippen LogP contribution in [0.3, 0.4) is 0 Å². The van der Waals surface area contributed by atoms with Gasteiger partial charge in [-0.3, -0.25) is 4.90 Å². The lowest BCUT2D eigenvalue weighted by Crippen LogP contribution is -2.43. The number of aliphatic hydroxyl groups is 2. The van der Waals surface area contributed by atoms with E-state index in [0.29, 0.717) is 16.7 Å². The maximum atomic E-state index is 13.6. The van der Waals surface area contributed by atoms with E-state index in [1.807, 2.05) is 7.05 Å². The molecule has 0 aliphatic carbocycles. The van der Waals surface area contributed by atoms with Crippen molar-refractivity contribution in [1.82, 2.24) is 14.8 Å². The number of anilines is 2. The summed E-state index contributed by atoms with van der Waals surface area (Å²) in [4.78, 5) is 36.2. The fourth-order valence-corrected chi connectivity index (χ4v) is 5.92. The van der Waals surface area contributed by atoms with E-state index >= 15 is 0 Å². The lowest BCUT2D eigenvalue weighted by atomic mass is 9.89. The number of likely N-dealkylation sites (N-methyl/N-ethyl adjacent to an activating group) is 1. The summed E-state index contributed by atoms with van der Waals surface area (Å²) in [5.41, 5.74) is -0.186. The number of fused-ring (bicyclic) bond motifs is 1. The van der Waals surface area contributed by atoms with E-state index < -0.39 is 48.1 Å². The number of benzene rings is 2. The van der Waals surface area contributed by atoms with Crippen LogP contribution in [0.25, 0.3) is 0 Å². The Morgan fingerprint density at radius 2 is 1.89 bits per heavy atom. The van der Waals surface area contributed by atoms with Crippen LogP contribution in [0, 0.1) is 11.3 Å². The number of alkyl halides is 3. The number of aromatic amines is 1. The van der Waals surface area contributed by atoms with Crippen LogP contribution in [-0.2, 0) is 27.0 Å². The van der Waals surface area contributed by atoms with E-state index in [9.17, 15) is 38.2 Å².